The summed E-state index contributed by atoms with van der Waals surface area (Å²) in [6.07, 6.45) is 11.1. The van der Waals surface area contributed by atoms with Gasteiger partial charge in [0.15, 0.2) is 0 Å². The van der Waals surface area contributed by atoms with Gasteiger partial charge in [-0.05, 0) is 13.8 Å². The van der Waals surface area contributed by atoms with E-state index in [1.165, 1.54) is 0 Å². The van der Waals surface area contributed by atoms with Gasteiger partial charge in [0.1, 0.15) is 0 Å². The van der Waals surface area contributed by atoms with Gasteiger partial charge in [-0.25, -0.2) is 9.97 Å². The number of imidazole rings is 2. The van der Waals surface area contributed by atoms with Crippen molar-refractivity contribution in [2.24, 2.45) is 0 Å². The highest BCUT2D eigenvalue weighted by atomic mass is 15.0. The summed E-state index contributed by atoms with van der Waals surface area (Å²) in [4.78, 5) is 7.71. The Morgan fingerprint density at radius 1 is 0.857 bits per heavy atom. The third kappa shape index (κ3) is 3.43. The highest BCUT2D eigenvalue weighted by Gasteiger charge is 1.77. The van der Waals surface area contributed by atoms with Crippen molar-refractivity contribution in [1.82, 2.24) is 19.1 Å². The predicted octanol–water partition coefficient (Wildman–Crippen LogP) is 1.81. The molecule has 0 saturated heterocycles. The van der Waals surface area contributed by atoms with Crippen LogP contribution in [-0.2, 0) is 13.1 Å². The zero-order valence-electron chi connectivity index (χ0n) is 8.67. The van der Waals surface area contributed by atoms with E-state index in [9.17, 15) is 0 Å². The summed E-state index contributed by atoms with van der Waals surface area (Å²) in [5.41, 5.74) is 0. The van der Waals surface area contributed by atoms with Gasteiger partial charge in [0, 0.05) is 37.9 Å². The molecule has 2 aromatic heterocycles. The molecule has 0 fully saturated rings. The van der Waals surface area contributed by atoms with Crippen LogP contribution < -0.4 is 0 Å². The lowest BCUT2D eigenvalue weighted by Gasteiger charge is -1.87. The van der Waals surface area contributed by atoms with Crippen molar-refractivity contribution in [3.8, 4) is 0 Å². The van der Waals surface area contributed by atoms with Gasteiger partial charge in [0.05, 0.1) is 12.7 Å². The van der Waals surface area contributed by atoms with Crippen LogP contribution in [0.15, 0.2) is 37.4 Å². The molecule has 4 heteroatoms. The highest BCUT2D eigenvalue weighted by Crippen LogP contribution is 1.81. The molecule has 0 unspecified atom stereocenters. The highest BCUT2D eigenvalue weighted by molar-refractivity contribution is 4.72. The van der Waals surface area contributed by atoms with Crippen molar-refractivity contribution in [3.05, 3.63) is 37.4 Å². The molecule has 0 aliphatic carbocycles. The van der Waals surface area contributed by atoms with Gasteiger partial charge in [0.2, 0.25) is 0 Å². The van der Waals surface area contributed by atoms with Gasteiger partial charge in [-0.3, -0.25) is 0 Å². The number of aromatic nitrogens is 4. The van der Waals surface area contributed by atoms with Crippen LogP contribution in [0, 0.1) is 0 Å². The zero-order valence-corrected chi connectivity index (χ0v) is 8.67. The van der Waals surface area contributed by atoms with E-state index in [1.54, 1.807) is 25.0 Å². The normalized spacial score (nSPS) is 9.29. The van der Waals surface area contributed by atoms with Crippen molar-refractivity contribution in [3.63, 3.8) is 0 Å². The summed E-state index contributed by atoms with van der Waals surface area (Å²) >= 11 is 0. The summed E-state index contributed by atoms with van der Waals surface area (Å²) in [5, 5.41) is 0. The quantitative estimate of drug-likeness (QED) is 0.727. The largest absolute Gasteiger partial charge is 0.338 e. The number of hydrogen-bond acceptors (Lipinski definition) is 2. The van der Waals surface area contributed by atoms with Crippen molar-refractivity contribution < 1.29 is 0 Å². The molecule has 14 heavy (non-hydrogen) atoms. The van der Waals surface area contributed by atoms with E-state index in [1.807, 2.05) is 21.5 Å². The topological polar surface area (TPSA) is 35.6 Å². The van der Waals surface area contributed by atoms with Gasteiger partial charge in [-0.2, -0.15) is 0 Å². The number of rotatable bonds is 2. The van der Waals surface area contributed by atoms with Crippen LogP contribution in [0.5, 0.6) is 0 Å². The minimum Gasteiger partial charge on any atom is -0.338 e. The molecule has 2 aromatic rings. The molecule has 0 atom stereocenters. The fraction of sp³-hybridized carbons (Fsp3) is 0.400. The average Bonchev–Trinajstić information content (AvgIpc) is 2.92. The van der Waals surface area contributed by atoms with Crippen molar-refractivity contribution in [2.75, 3.05) is 0 Å². The minimum atomic E-state index is 1.01. The molecular formula is C10H16N4. The van der Waals surface area contributed by atoms with Gasteiger partial charge in [-0.1, -0.05) is 0 Å². The summed E-state index contributed by atoms with van der Waals surface area (Å²) in [6.45, 7) is 6.20. The Labute approximate surface area is 84.2 Å². The predicted molar refractivity (Wildman–Crippen MR) is 55.8 cm³/mol. The molecule has 2 heterocycles. The number of nitrogens with zero attached hydrogens (tertiary/aromatic N) is 4. The Balaban J connectivity index is 0.000000140. The van der Waals surface area contributed by atoms with Crippen LogP contribution in [-0.4, -0.2) is 19.1 Å². The third-order valence-corrected chi connectivity index (χ3v) is 1.85. The smallest absolute Gasteiger partial charge is 0.0945 e. The molecule has 0 amide bonds. The van der Waals surface area contributed by atoms with Gasteiger partial charge >= 0.3 is 0 Å². The van der Waals surface area contributed by atoms with Crippen LogP contribution in [0.1, 0.15) is 13.8 Å². The third-order valence-electron chi connectivity index (χ3n) is 1.85. The van der Waals surface area contributed by atoms with Crippen LogP contribution in [0.3, 0.4) is 0 Å². The Kier molecular flexibility index (Phi) is 4.47. The van der Waals surface area contributed by atoms with E-state index in [4.69, 9.17) is 0 Å². The summed E-state index contributed by atoms with van der Waals surface area (Å²) < 4.78 is 4.03. The maximum Gasteiger partial charge on any atom is 0.0945 e. The molecule has 0 aliphatic rings. The molecule has 0 N–H and O–H groups in total. The lowest BCUT2D eigenvalue weighted by atomic mass is 10.7. The lowest BCUT2D eigenvalue weighted by molar-refractivity contribution is 0.761. The van der Waals surface area contributed by atoms with E-state index in [2.05, 4.69) is 23.8 Å². The van der Waals surface area contributed by atoms with E-state index < -0.39 is 0 Å². The van der Waals surface area contributed by atoms with Crippen LogP contribution in [0.2, 0.25) is 0 Å². The standard InChI is InChI=1S/2C5H8N2/c2*1-2-7-4-3-6-5-7/h2*3-5H,2H2,1H3. The van der Waals surface area contributed by atoms with Crippen LogP contribution >= 0.6 is 0 Å². The van der Waals surface area contributed by atoms with E-state index in [0.29, 0.717) is 0 Å². The molecule has 0 aliphatic heterocycles. The molecule has 0 bridgehead atoms. The molecule has 0 saturated carbocycles. The Bertz CT molecular complexity index is 276. The first kappa shape index (κ1) is 10.5. The fourth-order valence-electron chi connectivity index (χ4n) is 0.948. The monoisotopic (exact) mass is 192 g/mol. The van der Waals surface area contributed by atoms with Crippen molar-refractivity contribution >= 4 is 0 Å². The second-order valence-electron chi connectivity index (χ2n) is 2.79. The summed E-state index contributed by atoms with van der Waals surface area (Å²) in [6, 6.07) is 0. The van der Waals surface area contributed by atoms with Crippen molar-refractivity contribution in [2.45, 2.75) is 26.9 Å². The van der Waals surface area contributed by atoms with E-state index >= 15 is 0 Å². The van der Waals surface area contributed by atoms with Gasteiger partial charge < -0.3 is 9.13 Å². The van der Waals surface area contributed by atoms with Crippen molar-refractivity contribution in [1.29, 1.82) is 0 Å². The van der Waals surface area contributed by atoms with Gasteiger partial charge in [0.25, 0.3) is 0 Å². The van der Waals surface area contributed by atoms with Gasteiger partial charge in [-0.15, -0.1) is 0 Å². The van der Waals surface area contributed by atoms with Crippen LogP contribution in [0.25, 0.3) is 0 Å². The molecule has 0 radical (unpaired) electrons. The fourth-order valence-corrected chi connectivity index (χ4v) is 0.948. The first-order chi connectivity index (χ1) is 6.86. The molecule has 76 valence electrons. The maximum absolute atomic E-state index is 3.86. The maximum atomic E-state index is 3.86. The molecular weight excluding hydrogens is 176 g/mol. The molecule has 4 nitrogen and oxygen atoms in total. The Morgan fingerprint density at radius 3 is 1.43 bits per heavy atom. The minimum absolute atomic E-state index is 1.01. The van der Waals surface area contributed by atoms with E-state index in [0.717, 1.165) is 13.1 Å². The average molecular weight is 192 g/mol. The Morgan fingerprint density at radius 2 is 1.29 bits per heavy atom. The zero-order chi connectivity index (χ0) is 10.2. The van der Waals surface area contributed by atoms with Crippen LogP contribution in [0.4, 0.5) is 0 Å². The molecule has 2 rings (SSSR count). The lowest BCUT2D eigenvalue weighted by Crippen LogP contribution is -1.85. The second-order valence-corrected chi connectivity index (χ2v) is 2.79. The number of hydrogen-bond donors (Lipinski definition) is 0. The van der Waals surface area contributed by atoms with E-state index in [-0.39, 0.29) is 0 Å². The Hall–Kier alpha value is -1.58. The number of aryl methyl sites for hydroxylation is 2. The summed E-state index contributed by atoms with van der Waals surface area (Å²) in [7, 11) is 0. The first-order valence-electron chi connectivity index (χ1n) is 4.78. The SMILES string of the molecule is CCn1ccnc1.CCn1ccnc1. The molecule has 0 aromatic carbocycles. The first-order valence-corrected chi connectivity index (χ1v) is 4.78. The summed E-state index contributed by atoms with van der Waals surface area (Å²) in [5.74, 6) is 0. The second kappa shape index (κ2) is 5.96. The molecule has 0 spiro atoms.